The minimum absolute atomic E-state index is 0.360. The lowest BCUT2D eigenvalue weighted by Gasteiger charge is -2.14. The predicted molar refractivity (Wildman–Crippen MR) is 83.8 cm³/mol. The first-order chi connectivity index (χ1) is 9.51. The van der Waals surface area contributed by atoms with Crippen molar-refractivity contribution >= 4 is 17.4 Å². The third-order valence-electron chi connectivity index (χ3n) is 3.13. The molecule has 1 heterocycles. The van der Waals surface area contributed by atoms with Gasteiger partial charge in [0.05, 0.1) is 10.7 Å². The minimum atomic E-state index is 0.360. The first kappa shape index (κ1) is 14.7. The molecule has 0 unspecified atom stereocenters. The van der Waals surface area contributed by atoms with Gasteiger partial charge in [0, 0.05) is 7.05 Å². The van der Waals surface area contributed by atoms with Gasteiger partial charge in [0.2, 0.25) is 0 Å². The third kappa shape index (κ3) is 3.23. The molecule has 0 fully saturated rings. The van der Waals surface area contributed by atoms with E-state index >= 15 is 0 Å². The van der Waals surface area contributed by atoms with Gasteiger partial charge in [0.25, 0.3) is 0 Å². The van der Waals surface area contributed by atoms with Crippen molar-refractivity contribution in [3.63, 3.8) is 0 Å². The van der Waals surface area contributed by atoms with Gasteiger partial charge in [-0.25, -0.2) is 4.98 Å². The maximum Gasteiger partial charge on any atom is 0.132 e. The highest BCUT2D eigenvalue weighted by atomic mass is 35.5. The first-order valence-corrected chi connectivity index (χ1v) is 6.93. The van der Waals surface area contributed by atoms with Crippen LogP contribution in [0.15, 0.2) is 24.3 Å². The molecular formula is C16H19ClN2O. The molecule has 0 radical (unpaired) electrons. The van der Waals surface area contributed by atoms with Gasteiger partial charge in [-0.05, 0) is 44.0 Å². The predicted octanol–water partition coefficient (Wildman–Crippen LogP) is 4.28. The molecule has 2 aromatic rings. The normalized spacial score (nSPS) is 10.4. The fourth-order valence-corrected chi connectivity index (χ4v) is 2.42. The highest BCUT2D eigenvalue weighted by Gasteiger charge is 2.08. The Bertz CT molecular complexity index is 603. The van der Waals surface area contributed by atoms with Crippen molar-refractivity contribution in [2.24, 2.45) is 0 Å². The summed E-state index contributed by atoms with van der Waals surface area (Å²) in [6, 6.07) is 7.89. The molecule has 0 aliphatic heterocycles. The molecule has 20 heavy (non-hydrogen) atoms. The van der Waals surface area contributed by atoms with Crippen molar-refractivity contribution < 1.29 is 4.74 Å². The molecule has 0 saturated carbocycles. The van der Waals surface area contributed by atoms with Crippen LogP contribution in [0.3, 0.4) is 0 Å². The van der Waals surface area contributed by atoms with Gasteiger partial charge in [-0.3, -0.25) is 0 Å². The third-order valence-corrected chi connectivity index (χ3v) is 3.48. The number of hydrogen-bond donors (Lipinski definition) is 1. The maximum atomic E-state index is 6.15. The van der Waals surface area contributed by atoms with Crippen LogP contribution in [0, 0.1) is 20.8 Å². The molecular weight excluding hydrogens is 272 g/mol. The molecule has 0 spiro atoms. The Labute approximate surface area is 124 Å². The molecule has 1 aromatic carbocycles. The molecule has 1 aromatic heterocycles. The second-order valence-corrected chi connectivity index (χ2v) is 5.30. The van der Waals surface area contributed by atoms with E-state index in [1.165, 1.54) is 5.56 Å². The molecule has 3 nitrogen and oxygen atoms in total. The summed E-state index contributed by atoms with van der Waals surface area (Å²) < 4.78 is 5.91. The zero-order valence-corrected chi connectivity index (χ0v) is 13.0. The van der Waals surface area contributed by atoms with Crippen molar-refractivity contribution in [2.75, 3.05) is 12.4 Å². The highest BCUT2D eigenvalue weighted by molar-refractivity contribution is 6.31. The number of hydrogen-bond acceptors (Lipinski definition) is 3. The Morgan fingerprint density at radius 1 is 1.15 bits per heavy atom. The topological polar surface area (TPSA) is 34.1 Å². The quantitative estimate of drug-likeness (QED) is 0.912. The number of nitrogens with zero attached hydrogens (tertiary/aromatic N) is 1. The fraction of sp³-hybridized carbons (Fsp3) is 0.312. The number of anilines is 1. The smallest absolute Gasteiger partial charge is 0.132 e. The second kappa shape index (κ2) is 6.14. The van der Waals surface area contributed by atoms with E-state index in [1.54, 1.807) is 0 Å². The Morgan fingerprint density at radius 2 is 1.80 bits per heavy atom. The monoisotopic (exact) mass is 290 g/mol. The number of nitrogens with one attached hydrogen (secondary N) is 1. The van der Waals surface area contributed by atoms with Crippen molar-refractivity contribution in [3.05, 3.63) is 51.7 Å². The number of ether oxygens (including phenoxy) is 1. The Balaban J connectivity index is 2.21. The van der Waals surface area contributed by atoms with Gasteiger partial charge in [-0.2, -0.15) is 0 Å². The van der Waals surface area contributed by atoms with Crippen LogP contribution in [0.1, 0.15) is 22.4 Å². The van der Waals surface area contributed by atoms with Crippen LogP contribution in [0.25, 0.3) is 0 Å². The molecule has 0 atom stereocenters. The SMILES string of the molecule is CNc1ccc(Cl)c(COc2c(C)cc(C)cc2C)n1. The van der Waals surface area contributed by atoms with Crippen molar-refractivity contribution in [3.8, 4) is 5.75 Å². The van der Waals surface area contributed by atoms with Crippen LogP contribution in [0.2, 0.25) is 5.02 Å². The summed E-state index contributed by atoms with van der Waals surface area (Å²) in [4.78, 5) is 4.41. The number of aromatic nitrogens is 1. The molecule has 0 aliphatic rings. The van der Waals surface area contributed by atoms with Crippen LogP contribution in [0.5, 0.6) is 5.75 Å². The molecule has 0 aliphatic carbocycles. The summed E-state index contributed by atoms with van der Waals surface area (Å²) >= 11 is 6.15. The largest absolute Gasteiger partial charge is 0.487 e. The Hall–Kier alpha value is -1.74. The summed E-state index contributed by atoms with van der Waals surface area (Å²) in [6.07, 6.45) is 0. The summed E-state index contributed by atoms with van der Waals surface area (Å²) in [5, 5.41) is 3.61. The van der Waals surface area contributed by atoms with Gasteiger partial charge in [0.1, 0.15) is 18.2 Å². The second-order valence-electron chi connectivity index (χ2n) is 4.89. The molecule has 0 saturated heterocycles. The van der Waals surface area contributed by atoms with E-state index in [0.717, 1.165) is 28.4 Å². The van der Waals surface area contributed by atoms with Crippen LogP contribution in [-0.2, 0) is 6.61 Å². The van der Waals surface area contributed by atoms with E-state index in [9.17, 15) is 0 Å². The lowest BCUT2D eigenvalue weighted by molar-refractivity contribution is 0.297. The van der Waals surface area contributed by atoms with Crippen LogP contribution in [0.4, 0.5) is 5.82 Å². The summed E-state index contributed by atoms with van der Waals surface area (Å²) in [7, 11) is 1.83. The fourth-order valence-electron chi connectivity index (χ4n) is 2.26. The van der Waals surface area contributed by atoms with Gasteiger partial charge < -0.3 is 10.1 Å². The number of halogens is 1. The van der Waals surface area contributed by atoms with E-state index < -0.39 is 0 Å². The number of benzene rings is 1. The summed E-state index contributed by atoms with van der Waals surface area (Å²) in [5.74, 6) is 1.69. The van der Waals surface area contributed by atoms with Crippen molar-refractivity contribution in [2.45, 2.75) is 27.4 Å². The van der Waals surface area contributed by atoms with E-state index in [0.29, 0.717) is 11.6 Å². The summed E-state index contributed by atoms with van der Waals surface area (Å²) in [5.41, 5.74) is 4.23. The standard InChI is InChI=1S/C16H19ClN2O/c1-10-7-11(2)16(12(3)8-10)20-9-14-13(17)5-6-15(18-4)19-14/h5-8H,9H2,1-4H3,(H,18,19). The first-order valence-electron chi connectivity index (χ1n) is 6.55. The van der Waals surface area contributed by atoms with Gasteiger partial charge >= 0.3 is 0 Å². The molecule has 106 valence electrons. The zero-order chi connectivity index (χ0) is 14.7. The average Bonchev–Trinajstić information content (AvgIpc) is 2.39. The van der Waals surface area contributed by atoms with Crippen LogP contribution >= 0.6 is 11.6 Å². The lowest BCUT2D eigenvalue weighted by Crippen LogP contribution is -2.04. The van der Waals surface area contributed by atoms with Crippen LogP contribution in [-0.4, -0.2) is 12.0 Å². The molecule has 4 heteroatoms. The Morgan fingerprint density at radius 3 is 2.40 bits per heavy atom. The van der Waals surface area contributed by atoms with Crippen LogP contribution < -0.4 is 10.1 Å². The Kier molecular flexibility index (Phi) is 4.50. The highest BCUT2D eigenvalue weighted by Crippen LogP contribution is 2.26. The molecule has 2 rings (SSSR count). The maximum absolute atomic E-state index is 6.15. The van der Waals surface area contributed by atoms with Crippen molar-refractivity contribution in [1.29, 1.82) is 0 Å². The molecule has 1 N–H and O–H groups in total. The van der Waals surface area contributed by atoms with E-state index in [4.69, 9.17) is 16.3 Å². The van der Waals surface area contributed by atoms with E-state index in [-0.39, 0.29) is 0 Å². The molecule has 0 amide bonds. The molecule has 0 bridgehead atoms. The van der Waals surface area contributed by atoms with E-state index in [1.807, 2.05) is 33.0 Å². The zero-order valence-electron chi connectivity index (χ0n) is 12.2. The minimum Gasteiger partial charge on any atom is -0.487 e. The summed E-state index contributed by atoms with van der Waals surface area (Å²) in [6.45, 7) is 6.54. The van der Waals surface area contributed by atoms with E-state index in [2.05, 4.69) is 29.4 Å². The number of pyridine rings is 1. The van der Waals surface area contributed by atoms with Gasteiger partial charge in [-0.15, -0.1) is 0 Å². The van der Waals surface area contributed by atoms with Crippen molar-refractivity contribution in [1.82, 2.24) is 4.98 Å². The van der Waals surface area contributed by atoms with Gasteiger partial charge in [-0.1, -0.05) is 29.3 Å². The lowest BCUT2D eigenvalue weighted by atomic mass is 10.1. The number of rotatable bonds is 4. The number of aryl methyl sites for hydroxylation is 3. The average molecular weight is 291 g/mol. The van der Waals surface area contributed by atoms with Gasteiger partial charge in [0.15, 0.2) is 0 Å².